The van der Waals surface area contributed by atoms with Crippen LogP contribution in [0, 0.1) is 17.1 Å². The Labute approximate surface area is 167 Å². The third-order valence-corrected chi connectivity index (χ3v) is 5.81. The van der Waals surface area contributed by atoms with E-state index in [1.807, 2.05) is 36.4 Å². The molecule has 4 aromatic rings. The van der Waals surface area contributed by atoms with Crippen LogP contribution < -0.4 is 4.87 Å². The second-order valence-corrected chi connectivity index (χ2v) is 7.94. The highest BCUT2D eigenvalue weighted by Gasteiger charge is 2.13. The van der Waals surface area contributed by atoms with Crippen molar-refractivity contribution in [1.82, 2.24) is 4.57 Å². The smallest absolute Gasteiger partial charge is 0.294 e. The molecule has 1 aromatic heterocycles. The average molecular weight is 439 g/mol. The lowest BCUT2D eigenvalue weighted by Gasteiger charge is -2.07. The van der Waals surface area contributed by atoms with Gasteiger partial charge in [-0.3, -0.25) is 9.36 Å². The normalized spacial score (nSPS) is 10.9. The van der Waals surface area contributed by atoms with Gasteiger partial charge >= 0.3 is 4.87 Å². The van der Waals surface area contributed by atoms with Gasteiger partial charge in [0.15, 0.2) is 0 Å². The molecule has 3 aromatic carbocycles. The molecule has 0 N–H and O–H groups in total. The molecule has 0 saturated heterocycles. The summed E-state index contributed by atoms with van der Waals surface area (Å²) >= 11 is 4.36. The Bertz CT molecular complexity index is 1270. The van der Waals surface area contributed by atoms with E-state index in [1.165, 1.54) is 6.07 Å². The first-order chi connectivity index (χ1) is 13.1. The van der Waals surface area contributed by atoms with Gasteiger partial charge in [0.05, 0.1) is 28.4 Å². The molecule has 4 rings (SSSR count). The summed E-state index contributed by atoms with van der Waals surface area (Å²) in [7, 11) is 0. The first kappa shape index (κ1) is 17.7. The first-order valence-corrected chi connectivity index (χ1v) is 9.74. The molecule has 6 heteroatoms. The molecule has 132 valence electrons. The number of fused-ring (bicyclic) bond motifs is 1. The van der Waals surface area contributed by atoms with Crippen LogP contribution in [0.15, 0.2) is 69.9 Å². The number of thiazole rings is 1. The van der Waals surface area contributed by atoms with Crippen LogP contribution in [0.1, 0.15) is 11.1 Å². The maximum atomic E-state index is 14.2. The molecule has 0 bridgehead atoms. The van der Waals surface area contributed by atoms with Crippen LogP contribution >= 0.6 is 27.3 Å². The summed E-state index contributed by atoms with van der Waals surface area (Å²) in [6.07, 6.45) is 0. The molecule has 0 atom stereocenters. The van der Waals surface area contributed by atoms with Crippen LogP contribution in [0.5, 0.6) is 0 Å². The highest BCUT2D eigenvalue weighted by molar-refractivity contribution is 9.10. The number of nitriles is 1. The van der Waals surface area contributed by atoms with Crippen molar-refractivity contribution >= 4 is 37.5 Å². The summed E-state index contributed by atoms with van der Waals surface area (Å²) in [4.78, 5) is 12.3. The monoisotopic (exact) mass is 438 g/mol. The van der Waals surface area contributed by atoms with E-state index >= 15 is 0 Å². The van der Waals surface area contributed by atoms with Gasteiger partial charge in [0.2, 0.25) is 0 Å². The Morgan fingerprint density at radius 2 is 1.93 bits per heavy atom. The van der Waals surface area contributed by atoms with E-state index in [1.54, 1.807) is 22.8 Å². The Morgan fingerprint density at radius 1 is 1.11 bits per heavy atom. The van der Waals surface area contributed by atoms with Gasteiger partial charge in [-0.1, -0.05) is 57.6 Å². The second-order valence-electron chi connectivity index (χ2n) is 6.03. The minimum Gasteiger partial charge on any atom is -0.294 e. The predicted molar refractivity (Wildman–Crippen MR) is 109 cm³/mol. The Balaban J connectivity index is 1.80. The Morgan fingerprint density at radius 3 is 2.70 bits per heavy atom. The molecule has 1 heterocycles. The van der Waals surface area contributed by atoms with Crippen molar-refractivity contribution in [3.05, 3.63) is 91.7 Å². The van der Waals surface area contributed by atoms with E-state index < -0.39 is 0 Å². The third kappa shape index (κ3) is 3.32. The van der Waals surface area contributed by atoms with Gasteiger partial charge < -0.3 is 0 Å². The number of hydrogen-bond acceptors (Lipinski definition) is 3. The van der Waals surface area contributed by atoms with Crippen LogP contribution in [-0.4, -0.2) is 4.57 Å². The lowest BCUT2D eigenvalue weighted by molar-refractivity contribution is 0.600. The number of hydrogen-bond donors (Lipinski definition) is 0. The standard InChI is InChI=1S/C21H12BrFN2OS/c22-16-7-5-15(18(23)10-16)12-25-19-8-6-13(9-20(19)27-21(25)26)17-4-2-1-3-14(17)11-24/h1-10H,12H2. The van der Waals surface area contributed by atoms with Crippen molar-refractivity contribution in [1.29, 1.82) is 5.26 Å². The zero-order valence-corrected chi connectivity index (χ0v) is 16.3. The maximum absolute atomic E-state index is 14.2. The molecule has 27 heavy (non-hydrogen) atoms. The van der Waals surface area contributed by atoms with Crippen LogP contribution in [0.2, 0.25) is 0 Å². The number of nitrogens with zero attached hydrogens (tertiary/aromatic N) is 2. The van der Waals surface area contributed by atoms with Crippen molar-refractivity contribution < 1.29 is 4.39 Å². The van der Waals surface area contributed by atoms with Gasteiger partial charge in [-0.2, -0.15) is 5.26 Å². The highest BCUT2D eigenvalue weighted by atomic mass is 79.9. The first-order valence-electron chi connectivity index (χ1n) is 8.13. The van der Waals surface area contributed by atoms with Gasteiger partial charge in [-0.05, 0) is 41.5 Å². The van der Waals surface area contributed by atoms with Gasteiger partial charge in [-0.15, -0.1) is 0 Å². The van der Waals surface area contributed by atoms with Crippen LogP contribution in [0.4, 0.5) is 4.39 Å². The lowest BCUT2D eigenvalue weighted by Crippen LogP contribution is -2.14. The lowest BCUT2D eigenvalue weighted by atomic mass is 10.0. The number of aromatic nitrogens is 1. The fourth-order valence-corrected chi connectivity index (χ4v) is 4.30. The average Bonchev–Trinajstić information content (AvgIpc) is 2.98. The third-order valence-electron chi connectivity index (χ3n) is 4.37. The maximum Gasteiger partial charge on any atom is 0.308 e. The number of rotatable bonds is 3. The van der Waals surface area contributed by atoms with Crippen molar-refractivity contribution in [2.75, 3.05) is 0 Å². The number of benzene rings is 3. The van der Waals surface area contributed by atoms with Gasteiger partial charge in [-0.25, -0.2) is 4.39 Å². The van der Waals surface area contributed by atoms with Crippen LogP contribution in [0.3, 0.4) is 0 Å². The molecule has 0 aliphatic heterocycles. The fourth-order valence-electron chi connectivity index (χ4n) is 3.04. The predicted octanol–water partition coefficient (Wildman–Crippen LogP) is 5.55. The van der Waals surface area contributed by atoms with Crippen molar-refractivity contribution in [3.8, 4) is 17.2 Å². The molecular formula is C21H12BrFN2OS. The Hall–Kier alpha value is -2.75. The van der Waals surface area contributed by atoms with E-state index in [0.717, 1.165) is 32.7 Å². The molecule has 0 aliphatic rings. The van der Waals surface area contributed by atoms with Crippen LogP contribution in [-0.2, 0) is 6.54 Å². The van der Waals surface area contributed by atoms with E-state index in [9.17, 15) is 14.4 Å². The van der Waals surface area contributed by atoms with Crippen molar-refractivity contribution in [2.24, 2.45) is 0 Å². The molecule has 0 radical (unpaired) electrons. The summed E-state index contributed by atoms with van der Waals surface area (Å²) < 4.78 is 17.2. The molecule has 0 fully saturated rings. The summed E-state index contributed by atoms with van der Waals surface area (Å²) in [5.41, 5.74) is 3.50. The minimum absolute atomic E-state index is 0.141. The molecule has 0 aliphatic carbocycles. The van der Waals surface area contributed by atoms with Gasteiger partial charge in [0.25, 0.3) is 0 Å². The van der Waals surface area contributed by atoms with Crippen molar-refractivity contribution in [2.45, 2.75) is 6.54 Å². The van der Waals surface area contributed by atoms with Crippen LogP contribution in [0.25, 0.3) is 21.3 Å². The summed E-state index contributed by atoms with van der Waals surface area (Å²) in [6, 6.07) is 20.0. The van der Waals surface area contributed by atoms with E-state index in [0.29, 0.717) is 15.6 Å². The largest absolute Gasteiger partial charge is 0.308 e. The Kier molecular flexibility index (Phi) is 4.65. The topological polar surface area (TPSA) is 45.8 Å². The molecule has 0 unspecified atom stereocenters. The molecule has 0 spiro atoms. The number of halogens is 2. The summed E-state index contributed by atoms with van der Waals surface area (Å²) in [5.74, 6) is -0.352. The fraction of sp³-hybridized carbons (Fsp3) is 0.0476. The summed E-state index contributed by atoms with van der Waals surface area (Å²) in [6.45, 7) is 0.173. The molecular weight excluding hydrogens is 427 g/mol. The van der Waals surface area contributed by atoms with E-state index in [4.69, 9.17) is 0 Å². The molecule has 3 nitrogen and oxygen atoms in total. The van der Waals surface area contributed by atoms with E-state index in [-0.39, 0.29) is 17.2 Å². The summed E-state index contributed by atoms with van der Waals surface area (Å²) in [5, 5.41) is 9.31. The minimum atomic E-state index is -0.352. The quantitative estimate of drug-likeness (QED) is 0.420. The zero-order chi connectivity index (χ0) is 19.0. The highest BCUT2D eigenvalue weighted by Crippen LogP contribution is 2.29. The van der Waals surface area contributed by atoms with Crippen molar-refractivity contribution in [3.63, 3.8) is 0 Å². The second kappa shape index (κ2) is 7.10. The zero-order valence-electron chi connectivity index (χ0n) is 13.9. The SMILES string of the molecule is N#Cc1ccccc1-c1ccc2c(c1)sc(=O)n2Cc1ccc(Br)cc1F. The van der Waals surface area contributed by atoms with Gasteiger partial charge in [0.1, 0.15) is 5.82 Å². The molecule has 0 amide bonds. The van der Waals surface area contributed by atoms with E-state index in [2.05, 4.69) is 22.0 Å². The molecule has 0 saturated carbocycles. The van der Waals surface area contributed by atoms with Gasteiger partial charge in [0, 0.05) is 10.0 Å².